The van der Waals surface area contributed by atoms with Crippen molar-refractivity contribution >= 4 is 11.9 Å². The third-order valence-corrected chi connectivity index (χ3v) is 3.21. The molecule has 1 unspecified atom stereocenters. The van der Waals surface area contributed by atoms with Crippen molar-refractivity contribution in [2.24, 2.45) is 5.92 Å². The molecule has 2 heterocycles. The number of aliphatic carboxylic acids is 1. The molecule has 0 saturated carbocycles. The van der Waals surface area contributed by atoms with Crippen LogP contribution in [0, 0.1) is 5.92 Å². The maximum atomic E-state index is 11.9. The van der Waals surface area contributed by atoms with Crippen molar-refractivity contribution in [2.45, 2.75) is 19.3 Å². The summed E-state index contributed by atoms with van der Waals surface area (Å²) in [4.78, 5) is 28.5. The summed E-state index contributed by atoms with van der Waals surface area (Å²) in [6.07, 6.45) is 3.26. The maximum Gasteiger partial charge on any atom is 0.308 e. The fourth-order valence-electron chi connectivity index (χ4n) is 2.13. The number of pyridine rings is 1. The average molecular weight is 248 g/mol. The number of nitrogens with zero attached hydrogens (tertiary/aromatic N) is 2. The van der Waals surface area contributed by atoms with Gasteiger partial charge < -0.3 is 10.0 Å². The Balaban J connectivity index is 1.81. The zero-order chi connectivity index (χ0) is 13.0. The van der Waals surface area contributed by atoms with Crippen LogP contribution in [0.2, 0.25) is 0 Å². The quantitative estimate of drug-likeness (QED) is 0.861. The van der Waals surface area contributed by atoms with Gasteiger partial charge in [0.2, 0.25) is 5.91 Å². The van der Waals surface area contributed by atoms with Gasteiger partial charge in [-0.1, -0.05) is 6.07 Å². The number of aromatic nitrogens is 1. The summed E-state index contributed by atoms with van der Waals surface area (Å²) in [7, 11) is 0. The molecule has 1 aliphatic rings. The van der Waals surface area contributed by atoms with Gasteiger partial charge in [-0.15, -0.1) is 0 Å². The lowest BCUT2D eigenvalue weighted by Crippen LogP contribution is -2.30. The number of carbonyl (C=O) groups is 2. The van der Waals surface area contributed by atoms with E-state index in [4.69, 9.17) is 5.11 Å². The number of hydrogen-bond donors (Lipinski definition) is 1. The number of hydrogen-bond acceptors (Lipinski definition) is 3. The minimum atomic E-state index is -0.810. The lowest BCUT2D eigenvalue weighted by atomic mass is 10.1. The van der Waals surface area contributed by atoms with E-state index < -0.39 is 11.9 Å². The molecular formula is C13H16N2O3. The highest BCUT2D eigenvalue weighted by Crippen LogP contribution is 2.17. The Bertz CT molecular complexity index is 433. The summed E-state index contributed by atoms with van der Waals surface area (Å²) in [5.74, 6) is -1.19. The molecule has 0 bridgehead atoms. The Labute approximate surface area is 105 Å². The van der Waals surface area contributed by atoms with Gasteiger partial charge in [0.05, 0.1) is 5.92 Å². The molecule has 0 radical (unpaired) electrons. The van der Waals surface area contributed by atoms with Gasteiger partial charge in [-0.05, 0) is 25.0 Å². The number of amides is 1. The average Bonchev–Trinajstić information content (AvgIpc) is 2.87. The molecule has 5 heteroatoms. The van der Waals surface area contributed by atoms with E-state index in [0.29, 0.717) is 32.4 Å². The summed E-state index contributed by atoms with van der Waals surface area (Å²) in [5.41, 5.74) is 0.889. The molecule has 1 atom stereocenters. The van der Waals surface area contributed by atoms with Gasteiger partial charge in [-0.25, -0.2) is 0 Å². The molecule has 0 spiro atoms. The predicted molar refractivity (Wildman–Crippen MR) is 64.9 cm³/mol. The van der Waals surface area contributed by atoms with Crippen molar-refractivity contribution in [1.82, 2.24) is 9.88 Å². The predicted octanol–water partition coefficient (Wildman–Crippen LogP) is 0.947. The van der Waals surface area contributed by atoms with Crippen molar-refractivity contribution < 1.29 is 14.7 Å². The van der Waals surface area contributed by atoms with Crippen LogP contribution < -0.4 is 0 Å². The minimum absolute atomic E-state index is 0.0180. The molecule has 1 amide bonds. The van der Waals surface area contributed by atoms with Crippen LogP contribution in [-0.2, 0) is 16.0 Å². The van der Waals surface area contributed by atoms with E-state index in [1.165, 1.54) is 0 Å². The van der Waals surface area contributed by atoms with Gasteiger partial charge >= 0.3 is 5.97 Å². The maximum absolute atomic E-state index is 11.9. The molecule has 1 aromatic rings. The van der Waals surface area contributed by atoms with Crippen molar-refractivity contribution in [3.8, 4) is 0 Å². The molecule has 2 rings (SSSR count). The van der Waals surface area contributed by atoms with Crippen LogP contribution in [0.4, 0.5) is 0 Å². The monoisotopic (exact) mass is 248 g/mol. The molecule has 1 saturated heterocycles. The lowest BCUT2D eigenvalue weighted by Gasteiger charge is -2.15. The van der Waals surface area contributed by atoms with Crippen molar-refractivity contribution in [1.29, 1.82) is 0 Å². The second kappa shape index (κ2) is 5.62. The third-order valence-electron chi connectivity index (χ3n) is 3.21. The second-order valence-corrected chi connectivity index (χ2v) is 4.48. The van der Waals surface area contributed by atoms with Crippen LogP contribution in [0.1, 0.15) is 18.5 Å². The minimum Gasteiger partial charge on any atom is -0.481 e. The number of carbonyl (C=O) groups excluding carboxylic acids is 1. The number of carboxylic acids is 1. The smallest absolute Gasteiger partial charge is 0.308 e. The molecule has 0 aliphatic carbocycles. The van der Waals surface area contributed by atoms with Crippen LogP contribution in [0.25, 0.3) is 0 Å². The fourth-order valence-corrected chi connectivity index (χ4v) is 2.13. The van der Waals surface area contributed by atoms with E-state index in [9.17, 15) is 9.59 Å². The summed E-state index contributed by atoms with van der Waals surface area (Å²) < 4.78 is 0. The summed E-state index contributed by atoms with van der Waals surface area (Å²) in [5, 5.41) is 8.87. The van der Waals surface area contributed by atoms with Gasteiger partial charge in [-0.3, -0.25) is 14.6 Å². The van der Waals surface area contributed by atoms with E-state index in [2.05, 4.69) is 4.98 Å². The standard InChI is InChI=1S/C13H16N2O3/c16-12(5-4-11-3-1-2-7-14-11)15-8-6-10(9-15)13(17)18/h1-3,7,10H,4-6,8-9H2,(H,17,18). The van der Waals surface area contributed by atoms with Gasteiger partial charge in [0.25, 0.3) is 0 Å². The van der Waals surface area contributed by atoms with Gasteiger partial charge in [0.15, 0.2) is 0 Å². The van der Waals surface area contributed by atoms with Gasteiger partial charge in [-0.2, -0.15) is 0 Å². The summed E-state index contributed by atoms with van der Waals surface area (Å²) >= 11 is 0. The number of carboxylic acid groups (broad SMARTS) is 1. The fraction of sp³-hybridized carbons (Fsp3) is 0.462. The van der Waals surface area contributed by atoms with Crippen LogP contribution in [-0.4, -0.2) is 40.0 Å². The summed E-state index contributed by atoms with van der Waals surface area (Å²) in [6.45, 7) is 0.897. The Hall–Kier alpha value is -1.91. The molecule has 0 aromatic carbocycles. The van der Waals surface area contributed by atoms with Gasteiger partial charge in [0, 0.05) is 31.4 Å². The highest BCUT2D eigenvalue weighted by atomic mass is 16.4. The molecule has 18 heavy (non-hydrogen) atoms. The van der Waals surface area contributed by atoms with Crippen LogP contribution >= 0.6 is 0 Å². The Morgan fingerprint density at radius 2 is 2.28 bits per heavy atom. The highest BCUT2D eigenvalue weighted by Gasteiger charge is 2.30. The molecule has 1 aliphatic heterocycles. The Morgan fingerprint density at radius 1 is 1.44 bits per heavy atom. The van der Waals surface area contributed by atoms with Crippen molar-refractivity contribution in [3.63, 3.8) is 0 Å². The van der Waals surface area contributed by atoms with Gasteiger partial charge in [0.1, 0.15) is 0 Å². The zero-order valence-electron chi connectivity index (χ0n) is 10.1. The second-order valence-electron chi connectivity index (χ2n) is 4.48. The first-order chi connectivity index (χ1) is 8.66. The first kappa shape index (κ1) is 12.5. The van der Waals surface area contributed by atoms with Crippen LogP contribution in [0.5, 0.6) is 0 Å². The molecule has 1 aromatic heterocycles. The Kier molecular flexibility index (Phi) is 3.92. The highest BCUT2D eigenvalue weighted by molar-refractivity contribution is 5.78. The van der Waals surface area contributed by atoms with E-state index in [-0.39, 0.29) is 5.91 Å². The van der Waals surface area contributed by atoms with E-state index in [1.807, 2.05) is 18.2 Å². The van der Waals surface area contributed by atoms with Crippen LogP contribution in [0.3, 0.4) is 0 Å². The normalized spacial score (nSPS) is 18.9. The van der Waals surface area contributed by atoms with Crippen molar-refractivity contribution in [3.05, 3.63) is 30.1 Å². The van der Waals surface area contributed by atoms with E-state index in [0.717, 1.165) is 5.69 Å². The van der Waals surface area contributed by atoms with E-state index in [1.54, 1.807) is 11.1 Å². The number of rotatable bonds is 4. The van der Waals surface area contributed by atoms with E-state index >= 15 is 0 Å². The SMILES string of the molecule is O=C(O)C1CCN(C(=O)CCc2ccccn2)C1. The largest absolute Gasteiger partial charge is 0.481 e. The number of aryl methyl sites for hydroxylation is 1. The van der Waals surface area contributed by atoms with Crippen molar-refractivity contribution in [2.75, 3.05) is 13.1 Å². The zero-order valence-corrected chi connectivity index (χ0v) is 10.1. The first-order valence-corrected chi connectivity index (χ1v) is 6.07. The molecule has 1 N–H and O–H groups in total. The molecule has 5 nitrogen and oxygen atoms in total. The van der Waals surface area contributed by atoms with Crippen LogP contribution in [0.15, 0.2) is 24.4 Å². The molecular weight excluding hydrogens is 232 g/mol. The lowest BCUT2D eigenvalue weighted by molar-refractivity contribution is -0.141. The summed E-state index contributed by atoms with van der Waals surface area (Å²) in [6, 6.07) is 5.61. The number of likely N-dealkylation sites (tertiary alicyclic amines) is 1. The molecule has 1 fully saturated rings. The topological polar surface area (TPSA) is 70.5 Å². The Morgan fingerprint density at radius 3 is 2.89 bits per heavy atom. The molecule has 96 valence electrons. The first-order valence-electron chi connectivity index (χ1n) is 6.07. The third kappa shape index (κ3) is 3.06.